The molecule has 4 nitrogen and oxygen atoms in total. The highest BCUT2D eigenvalue weighted by Crippen LogP contribution is 2.27. The molecule has 0 aliphatic rings. The minimum absolute atomic E-state index is 0.132. The standard InChI is InChI=1S/C13H16O4/c1-6-8-13(11(14)16-4,12(15)17-5)9-7-10(2)3/h1,9H,8H2,2-5H3. The van der Waals surface area contributed by atoms with Gasteiger partial charge in [-0.1, -0.05) is 0 Å². The predicted molar refractivity (Wildman–Crippen MR) is 62.9 cm³/mol. The molecule has 0 radical (unpaired) electrons. The Kier molecular flexibility index (Phi) is 5.80. The first-order chi connectivity index (χ1) is 7.94. The molecule has 0 aromatic carbocycles. The van der Waals surface area contributed by atoms with Crippen molar-refractivity contribution in [3.63, 3.8) is 0 Å². The zero-order valence-electron chi connectivity index (χ0n) is 10.5. The number of carbonyl (C=O) groups excluding carboxylic acids is 2. The number of ether oxygens (including phenoxy) is 2. The fraction of sp³-hybridized carbons (Fsp3) is 0.462. The maximum Gasteiger partial charge on any atom is 0.328 e. The zero-order chi connectivity index (χ0) is 13.5. The highest BCUT2D eigenvalue weighted by molar-refractivity contribution is 6.02. The maximum atomic E-state index is 11.7. The molecule has 4 heteroatoms. The highest BCUT2D eigenvalue weighted by Gasteiger charge is 2.46. The van der Waals surface area contributed by atoms with Gasteiger partial charge in [0.25, 0.3) is 0 Å². The van der Waals surface area contributed by atoms with Crippen molar-refractivity contribution in [2.24, 2.45) is 5.41 Å². The molecule has 0 fully saturated rings. The van der Waals surface area contributed by atoms with Crippen LogP contribution in [0, 0.1) is 17.8 Å². The molecular formula is C13H16O4. The Morgan fingerprint density at radius 2 is 1.71 bits per heavy atom. The Bertz CT molecular complexity index is 386. The van der Waals surface area contributed by atoms with Gasteiger partial charge in [0.2, 0.25) is 5.41 Å². The molecule has 17 heavy (non-hydrogen) atoms. The molecule has 92 valence electrons. The average Bonchev–Trinajstić information content (AvgIpc) is 2.32. The number of methoxy groups -OCH3 is 2. The lowest BCUT2D eigenvalue weighted by atomic mass is 9.84. The molecule has 0 bridgehead atoms. The largest absolute Gasteiger partial charge is 0.468 e. The Balaban J connectivity index is 5.75. The summed E-state index contributed by atoms with van der Waals surface area (Å²) in [5, 5.41) is 0. The van der Waals surface area contributed by atoms with Crippen molar-refractivity contribution in [2.75, 3.05) is 14.2 Å². The number of carbonyl (C=O) groups is 2. The van der Waals surface area contributed by atoms with Crippen LogP contribution in [0.3, 0.4) is 0 Å². The van der Waals surface area contributed by atoms with Crippen LogP contribution >= 0.6 is 0 Å². The van der Waals surface area contributed by atoms with Gasteiger partial charge in [-0.25, -0.2) is 0 Å². The van der Waals surface area contributed by atoms with Gasteiger partial charge in [0, 0.05) is 6.42 Å². The molecule has 0 aromatic rings. The van der Waals surface area contributed by atoms with Gasteiger partial charge in [-0.05, 0) is 25.5 Å². The summed E-state index contributed by atoms with van der Waals surface area (Å²) in [6.07, 6.45) is 6.36. The molecule has 0 spiro atoms. The van der Waals surface area contributed by atoms with Crippen molar-refractivity contribution in [3.8, 4) is 12.3 Å². The molecule has 0 aliphatic heterocycles. The summed E-state index contributed by atoms with van der Waals surface area (Å²) in [4.78, 5) is 23.5. The van der Waals surface area contributed by atoms with E-state index in [0.717, 1.165) is 5.57 Å². The summed E-state index contributed by atoms with van der Waals surface area (Å²) in [5.41, 5.74) is 1.99. The van der Waals surface area contributed by atoms with Crippen LogP contribution in [0.1, 0.15) is 20.3 Å². The first-order valence-corrected chi connectivity index (χ1v) is 4.96. The summed E-state index contributed by atoms with van der Waals surface area (Å²) < 4.78 is 9.22. The Morgan fingerprint density at radius 1 is 1.24 bits per heavy atom. The number of esters is 2. The van der Waals surface area contributed by atoms with Crippen LogP contribution in [0.4, 0.5) is 0 Å². The first kappa shape index (κ1) is 15.0. The monoisotopic (exact) mass is 236 g/mol. The van der Waals surface area contributed by atoms with E-state index in [-0.39, 0.29) is 6.42 Å². The van der Waals surface area contributed by atoms with E-state index in [1.165, 1.54) is 20.3 Å². The predicted octanol–water partition coefficient (Wildman–Crippen LogP) is 1.46. The molecule has 0 amide bonds. The van der Waals surface area contributed by atoms with Gasteiger partial charge in [0.1, 0.15) is 0 Å². The van der Waals surface area contributed by atoms with Gasteiger partial charge < -0.3 is 9.47 Å². The van der Waals surface area contributed by atoms with Crippen LogP contribution < -0.4 is 0 Å². The van der Waals surface area contributed by atoms with Crippen LogP contribution in [0.5, 0.6) is 0 Å². The number of terminal acetylenes is 1. The maximum absolute atomic E-state index is 11.7. The van der Waals surface area contributed by atoms with Crippen molar-refractivity contribution < 1.29 is 19.1 Å². The van der Waals surface area contributed by atoms with Gasteiger partial charge in [0.05, 0.1) is 14.2 Å². The minimum atomic E-state index is -1.62. The van der Waals surface area contributed by atoms with Crippen molar-refractivity contribution >= 4 is 11.9 Å². The second-order valence-corrected chi connectivity index (χ2v) is 3.62. The van der Waals surface area contributed by atoms with E-state index in [1.54, 1.807) is 13.8 Å². The summed E-state index contributed by atoms with van der Waals surface area (Å²) in [7, 11) is 2.37. The molecular weight excluding hydrogens is 220 g/mol. The lowest BCUT2D eigenvalue weighted by molar-refractivity contribution is -0.164. The Labute approximate surface area is 101 Å². The van der Waals surface area contributed by atoms with Crippen molar-refractivity contribution in [1.29, 1.82) is 0 Å². The smallest absolute Gasteiger partial charge is 0.328 e. The van der Waals surface area contributed by atoms with Gasteiger partial charge >= 0.3 is 11.9 Å². The Morgan fingerprint density at radius 3 is 2.00 bits per heavy atom. The van der Waals surface area contributed by atoms with Crippen molar-refractivity contribution in [1.82, 2.24) is 0 Å². The second-order valence-electron chi connectivity index (χ2n) is 3.62. The van der Waals surface area contributed by atoms with Gasteiger partial charge in [-0.15, -0.1) is 18.1 Å². The fourth-order valence-electron chi connectivity index (χ4n) is 1.19. The first-order valence-electron chi connectivity index (χ1n) is 4.96. The Hall–Kier alpha value is -1.98. The highest BCUT2D eigenvalue weighted by atomic mass is 16.5. The molecule has 0 heterocycles. The third kappa shape index (κ3) is 3.51. The second kappa shape index (κ2) is 6.57. The van der Waals surface area contributed by atoms with Gasteiger partial charge in [0.15, 0.2) is 0 Å². The topological polar surface area (TPSA) is 52.6 Å². The number of rotatable bonds is 4. The van der Waals surface area contributed by atoms with E-state index < -0.39 is 17.4 Å². The molecule has 0 aliphatic carbocycles. The van der Waals surface area contributed by atoms with Crippen molar-refractivity contribution in [3.05, 3.63) is 17.4 Å². The van der Waals surface area contributed by atoms with Crippen LogP contribution in [0.15, 0.2) is 17.4 Å². The zero-order valence-corrected chi connectivity index (χ0v) is 10.5. The molecule has 0 atom stereocenters. The van der Waals surface area contributed by atoms with Crippen LogP contribution in [-0.2, 0) is 19.1 Å². The molecule has 0 saturated heterocycles. The van der Waals surface area contributed by atoms with E-state index >= 15 is 0 Å². The van der Waals surface area contributed by atoms with E-state index in [0.29, 0.717) is 0 Å². The van der Waals surface area contributed by atoms with Crippen molar-refractivity contribution in [2.45, 2.75) is 20.3 Å². The van der Waals surface area contributed by atoms with Gasteiger partial charge in [-0.3, -0.25) is 9.59 Å². The fourth-order valence-corrected chi connectivity index (χ4v) is 1.19. The third-order valence-corrected chi connectivity index (χ3v) is 2.09. The SMILES string of the molecule is C#CCC(C=C=C(C)C)(C(=O)OC)C(=O)OC. The third-order valence-electron chi connectivity index (χ3n) is 2.09. The summed E-state index contributed by atoms with van der Waals surface area (Å²) in [6.45, 7) is 3.57. The molecule has 0 N–H and O–H groups in total. The number of hydrogen-bond donors (Lipinski definition) is 0. The van der Waals surface area contributed by atoms with E-state index in [2.05, 4.69) is 21.1 Å². The van der Waals surface area contributed by atoms with E-state index in [4.69, 9.17) is 6.42 Å². The van der Waals surface area contributed by atoms with E-state index in [1.807, 2.05) is 0 Å². The lowest BCUT2D eigenvalue weighted by Gasteiger charge is -2.21. The average molecular weight is 236 g/mol. The summed E-state index contributed by atoms with van der Waals surface area (Å²) in [6, 6.07) is 0. The quantitative estimate of drug-likeness (QED) is 0.321. The lowest BCUT2D eigenvalue weighted by Crippen LogP contribution is -2.39. The summed E-state index contributed by atoms with van der Waals surface area (Å²) in [5.74, 6) is 0.773. The molecule has 0 unspecified atom stereocenters. The normalized spacial score (nSPS) is 9.59. The van der Waals surface area contributed by atoms with Crippen LogP contribution in [0.2, 0.25) is 0 Å². The van der Waals surface area contributed by atoms with E-state index in [9.17, 15) is 9.59 Å². The van der Waals surface area contributed by atoms with Crippen LogP contribution in [-0.4, -0.2) is 26.2 Å². The molecule has 0 rings (SSSR count). The minimum Gasteiger partial charge on any atom is -0.468 e. The molecule has 0 aromatic heterocycles. The van der Waals surface area contributed by atoms with Crippen LogP contribution in [0.25, 0.3) is 0 Å². The summed E-state index contributed by atoms with van der Waals surface area (Å²) >= 11 is 0. The number of hydrogen-bond acceptors (Lipinski definition) is 4. The van der Waals surface area contributed by atoms with Gasteiger partial charge in [-0.2, -0.15) is 0 Å². The molecule has 0 saturated carbocycles.